The fraction of sp³-hybridized carbons (Fsp3) is 1.00. The van der Waals surface area contributed by atoms with E-state index in [1.807, 2.05) is 7.05 Å². The summed E-state index contributed by atoms with van der Waals surface area (Å²) < 4.78 is 6.15. The van der Waals surface area contributed by atoms with Crippen LogP contribution in [0.4, 0.5) is 0 Å². The third-order valence-corrected chi connectivity index (χ3v) is 4.56. The van der Waals surface area contributed by atoms with E-state index in [9.17, 15) is 0 Å². The van der Waals surface area contributed by atoms with Gasteiger partial charge >= 0.3 is 0 Å². The van der Waals surface area contributed by atoms with Gasteiger partial charge in [0.1, 0.15) is 0 Å². The largest absolute Gasteiger partial charge is 0.372 e. The van der Waals surface area contributed by atoms with Crippen LogP contribution in [0.3, 0.4) is 0 Å². The highest BCUT2D eigenvalue weighted by molar-refractivity contribution is 4.83. The van der Waals surface area contributed by atoms with Crippen LogP contribution in [0.2, 0.25) is 0 Å². The number of nitrogens with zero attached hydrogens (tertiary/aromatic N) is 2. The molecule has 2 heterocycles. The molecule has 0 aromatic carbocycles. The van der Waals surface area contributed by atoms with Gasteiger partial charge in [0.2, 0.25) is 0 Å². The first-order valence-electron chi connectivity index (χ1n) is 7.95. The van der Waals surface area contributed by atoms with Gasteiger partial charge in [0.25, 0.3) is 0 Å². The minimum absolute atomic E-state index is 0.435. The molecule has 0 bridgehead atoms. The molecule has 0 radical (unpaired) electrons. The van der Waals surface area contributed by atoms with E-state index < -0.39 is 0 Å². The smallest absolute Gasteiger partial charge is 0.0707 e. The first-order valence-corrected chi connectivity index (χ1v) is 7.95. The van der Waals surface area contributed by atoms with Gasteiger partial charge in [-0.15, -0.1) is 0 Å². The zero-order chi connectivity index (χ0) is 13.7. The minimum Gasteiger partial charge on any atom is -0.372 e. The van der Waals surface area contributed by atoms with Gasteiger partial charge < -0.3 is 15.0 Å². The highest BCUT2D eigenvalue weighted by Gasteiger charge is 2.29. The molecule has 2 saturated heterocycles. The van der Waals surface area contributed by atoms with Crippen LogP contribution in [0.25, 0.3) is 0 Å². The van der Waals surface area contributed by atoms with Gasteiger partial charge in [-0.25, -0.2) is 0 Å². The number of hydrogen-bond acceptors (Lipinski definition) is 4. The molecule has 0 spiro atoms. The Bertz CT molecular complexity index is 262. The number of ether oxygens (including phenoxy) is 1. The number of nitrogens with one attached hydrogen (secondary N) is 1. The number of hydrogen-bond donors (Lipinski definition) is 1. The van der Waals surface area contributed by atoms with Gasteiger partial charge in [0.05, 0.1) is 12.2 Å². The van der Waals surface area contributed by atoms with Crippen molar-refractivity contribution >= 4 is 0 Å². The Hall–Kier alpha value is -0.160. The summed E-state index contributed by atoms with van der Waals surface area (Å²) in [6.07, 6.45) is 5.88. The van der Waals surface area contributed by atoms with E-state index in [2.05, 4.69) is 29.1 Å². The Balaban J connectivity index is 1.83. The highest BCUT2D eigenvalue weighted by atomic mass is 16.5. The van der Waals surface area contributed by atoms with E-state index in [0.717, 1.165) is 13.1 Å². The van der Waals surface area contributed by atoms with Crippen LogP contribution < -0.4 is 5.32 Å². The van der Waals surface area contributed by atoms with Gasteiger partial charge in [-0.05, 0) is 52.9 Å². The highest BCUT2D eigenvalue weighted by Crippen LogP contribution is 2.22. The van der Waals surface area contributed by atoms with Crippen LogP contribution in [0.5, 0.6) is 0 Å². The molecule has 112 valence electrons. The molecule has 1 N–H and O–H groups in total. The lowest BCUT2D eigenvalue weighted by molar-refractivity contribution is 0.0150. The van der Waals surface area contributed by atoms with Gasteiger partial charge in [-0.1, -0.05) is 6.92 Å². The lowest BCUT2D eigenvalue weighted by Crippen LogP contribution is -2.43. The molecule has 2 fully saturated rings. The van der Waals surface area contributed by atoms with Crippen molar-refractivity contribution in [1.82, 2.24) is 15.1 Å². The van der Waals surface area contributed by atoms with E-state index in [0.29, 0.717) is 18.2 Å². The average Bonchev–Trinajstić information content (AvgIpc) is 2.74. The van der Waals surface area contributed by atoms with Crippen LogP contribution in [-0.4, -0.2) is 74.9 Å². The lowest BCUT2D eigenvalue weighted by Gasteiger charge is -2.32. The lowest BCUT2D eigenvalue weighted by atomic mass is 10.1. The summed E-state index contributed by atoms with van der Waals surface area (Å²) in [5.41, 5.74) is 0. The Kier molecular flexibility index (Phi) is 6.07. The van der Waals surface area contributed by atoms with Crippen molar-refractivity contribution < 1.29 is 4.74 Å². The number of rotatable bonds is 5. The van der Waals surface area contributed by atoms with Crippen molar-refractivity contribution in [3.05, 3.63) is 0 Å². The molecule has 2 aliphatic rings. The zero-order valence-corrected chi connectivity index (χ0v) is 12.9. The fourth-order valence-corrected chi connectivity index (χ4v) is 3.47. The first kappa shape index (κ1) is 15.2. The quantitative estimate of drug-likeness (QED) is 0.811. The Morgan fingerprint density at radius 1 is 1.21 bits per heavy atom. The summed E-state index contributed by atoms with van der Waals surface area (Å²) in [5, 5.41) is 3.22. The zero-order valence-electron chi connectivity index (χ0n) is 12.9. The van der Waals surface area contributed by atoms with Crippen molar-refractivity contribution in [2.24, 2.45) is 0 Å². The molecule has 0 aromatic heterocycles. The molecule has 19 heavy (non-hydrogen) atoms. The van der Waals surface area contributed by atoms with Crippen molar-refractivity contribution in [3.8, 4) is 0 Å². The predicted molar refractivity (Wildman–Crippen MR) is 79.6 cm³/mol. The van der Waals surface area contributed by atoms with Crippen molar-refractivity contribution in [1.29, 1.82) is 0 Å². The Morgan fingerprint density at radius 3 is 2.74 bits per heavy atom. The summed E-state index contributed by atoms with van der Waals surface area (Å²) in [5.74, 6) is 0. The third kappa shape index (κ3) is 4.42. The van der Waals surface area contributed by atoms with Crippen molar-refractivity contribution in [2.75, 3.05) is 46.8 Å². The summed E-state index contributed by atoms with van der Waals surface area (Å²) in [7, 11) is 4.26. The summed E-state index contributed by atoms with van der Waals surface area (Å²) in [6, 6.07) is 0.708. The van der Waals surface area contributed by atoms with Crippen molar-refractivity contribution in [3.63, 3.8) is 0 Å². The van der Waals surface area contributed by atoms with E-state index >= 15 is 0 Å². The van der Waals surface area contributed by atoms with Crippen LogP contribution in [0, 0.1) is 0 Å². The molecule has 0 aromatic rings. The van der Waals surface area contributed by atoms with Crippen LogP contribution in [-0.2, 0) is 4.74 Å². The average molecular weight is 269 g/mol. The molecule has 0 saturated carbocycles. The molecule has 0 amide bonds. The molecule has 3 unspecified atom stereocenters. The fourth-order valence-electron chi connectivity index (χ4n) is 3.47. The first-order chi connectivity index (χ1) is 9.22. The normalized spacial score (nSPS) is 34.6. The second kappa shape index (κ2) is 7.58. The Morgan fingerprint density at radius 2 is 2.00 bits per heavy atom. The third-order valence-electron chi connectivity index (χ3n) is 4.56. The summed E-state index contributed by atoms with van der Waals surface area (Å²) in [4.78, 5) is 5.16. The second-order valence-electron chi connectivity index (χ2n) is 6.19. The van der Waals surface area contributed by atoms with Crippen LogP contribution in [0.1, 0.15) is 32.6 Å². The van der Waals surface area contributed by atoms with Gasteiger partial charge in [0.15, 0.2) is 0 Å². The van der Waals surface area contributed by atoms with E-state index in [1.165, 1.54) is 45.3 Å². The SMILES string of the molecule is CCC1CN(C)CCCN1CC1CCC(CNC)O1. The van der Waals surface area contributed by atoms with Gasteiger partial charge in [-0.3, -0.25) is 4.90 Å². The molecule has 0 aliphatic carbocycles. The van der Waals surface area contributed by atoms with E-state index in [1.54, 1.807) is 0 Å². The molecule has 3 atom stereocenters. The summed E-state index contributed by atoms with van der Waals surface area (Å²) in [6.45, 7) is 8.13. The monoisotopic (exact) mass is 269 g/mol. The maximum Gasteiger partial charge on any atom is 0.0707 e. The van der Waals surface area contributed by atoms with Crippen LogP contribution >= 0.6 is 0 Å². The number of likely N-dealkylation sites (N-methyl/N-ethyl adjacent to an activating group) is 2. The molecular weight excluding hydrogens is 238 g/mol. The van der Waals surface area contributed by atoms with Gasteiger partial charge in [0, 0.05) is 25.7 Å². The Labute approximate surface area is 118 Å². The molecule has 4 heteroatoms. The topological polar surface area (TPSA) is 27.7 Å². The molecule has 2 aliphatic heterocycles. The predicted octanol–water partition coefficient (Wildman–Crippen LogP) is 1.17. The summed E-state index contributed by atoms with van der Waals surface area (Å²) >= 11 is 0. The van der Waals surface area contributed by atoms with E-state index in [-0.39, 0.29) is 0 Å². The molecular formula is C15H31N3O. The molecule has 4 nitrogen and oxygen atoms in total. The van der Waals surface area contributed by atoms with Gasteiger partial charge in [-0.2, -0.15) is 0 Å². The maximum absolute atomic E-state index is 6.15. The van der Waals surface area contributed by atoms with Crippen LogP contribution in [0.15, 0.2) is 0 Å². The van der Waals surface area contributed by atoms with E-state index in [4.69, 9.17) is 4.74 Å². The second-order valence-corrected chi connectivity index (χ2v) is 6.19. The maximum atomic E-state index is 6.15. The standard InChI is InChI=1S/C15H31N3O/c1-4-13-11-17(3)8-5-9-18(13)12-15-7-6-14(19-15)10-16-2/h13-16H,4-12H2,1-3H3. The minimum atomic E-state index is 0.435. The molecule has 2 rings (SSSR count). The van der Waals surface area contributed by atoms with Crippen molar-refractivity contribution in [2.45, 2.75) is 50.9 Å².